The Morgan fingerprint density at radius 3 is 2.89 bits per heavy atom. The summed E-state index contributed by atoms with van der Waals surface area (Å²) in [7, 11) is 0. The molecule has 1 aliphatic carbocycles. The number of pyridine rings is 1. The Hall–Kier alpha value is -1.55. The average molecular weight is 265 g/mol. The third-order valence-electron chi connectivity index (χ3n) is 3.76. The van der Waals surface area contributed by atoms with Crippen LogP contribution in [0, 0.1) is 11.8 Å². The van der Waals surface area contributed by atoms with E-state index in [9.17, 15) is 4.79 Å². The number of likely N-dealkylation sites (tertiary alicyclic amines) is 1. The van der Waals surface area contributed by atoms with E-state index >= 15 is 0 Å². The summed E-state index contributed by atoms with van der Waals surface area (Å²) in [6.07, 6.45) is 4.09. The van der Waals surface area contributed by atoms with Gasteiger partial charge in [0.1, 0.15) is 5.15 Å². The van der Waals surface area contributed by atoms with Gasteiger partial charge in [0, 0.05) is 19.3 Å². The van der Waals surface area contributed by atoms with Gasteiger partial charge in [-0.25, -0.2) is 9.78 Å². The molecule has 0 spiro atoms. The van der Waals surface area contributed by atoms with Crippen molar-refractivity contribution in [1.29, 1.82) is 0 Å². The molecule has 1 amide bonds. The lowest BCUT2D eigenvalue weighted by Gasteiger charge is -2.12. The van der Waals surface area contributed by atoms with Crippen molar-refractivity contribution in [2.24, 2.45) is 11.8 Å². The Balaban J connectivity index is 1.77. The van der Waals surface area contributed by atoms with Crippen molar-refractivity contribution < 1.29 is 9.90 Å². The van der Waals surface area contributed by atoms with Crippen molar-refractivity contribution in [2.45, 2.75) is 6.42 Å². The van der Waals surface area contributed by atoms with Crippen LogP contribution in [-0.4, -0.2) is 34.2 Å². The lowest BCUT2D eigenvalue weighted by atomic mass is 9.99. The smallest absolute Gasteiger partial charge is 0.407 e. The number of halogens is 1. The second-order valence-corrected chi connectivity index (χ2v) is 5.26. The van der Waals surface area contributed by atoms with Crippen molar-refractivity contribution in [3.8, 4) is 0 Å². The number of amides is 1. The number of carbonyl (C=O) groups is 1. The molecule has 1 saturated heterocycles. The second-order valence-electron chi connectivity index (χ2n) is 4.88. The Morgan fingerprint density at radius 1 is 1.44 bits per heavy atom. The first-order valence-corrected chi connectivity index (χ1v) is 6.32. The Kier molecular flexibility index (Phi) is 2.74. The van der Waals surface area contributed by atoms with Crippen molar-refractivity contribution in [1.82, 2.24) is 9.88 Å². The molecule has 1 aromatic rings. The number of carboxylic acid groups (broad SMARTS) is 1. The zero-order valence-electron chi connectivity index (χ0n) is 9.71. The highest BCUT2D eigenvalue weighted by Gasteiger charge is 2.38. The highest BCUT2D eigenvalue weighted by atomic mass is 35.5. The summed E-state index contributed by atoms with van der Waals surface area (Å²) < 4.78 is 0. The summed E-state index contributed by atoms with van der Waals surface area (Å²) >= 11 is 5.77. The minimum absolute atomic E-state index is 0.353. The highest BCUT2D eigenvalue weighted by Crippen LogP contribution is 2.40. The molecular formula is C13H13ClN2O2. The quantitative estimate of drug-likeness (QED) is 0.794. The van der Waals surface area contributed by atoms with Crippen LogP contribution in [0.1, 0.15) is 12.0 Å². The van der Waals surface area contributed by atoms with Crippen LogP contribution in [0.2, 0.25) is 5.15 Å². The molecule has 0 saturated carbocycles. The van der Waals surface area contributed by atoms with Crippen molar-refractivity contribution in [2.75, 3.05) is 13.1 Å². The van der Waals surface area contributed by atoms with E-state index in [0.29, 0.717) is 30.1 Å². The number of rotatable bonds is 1. The van der Waals surface area contributed by atoms with E-state index in [1.807, 2.05) is 6.07 Å². The first-order valence-electron chi connectivity index (χ1n) is 5.94. The van der Waals surface area contributed by atoms with Gasteiger partial charge in [0.15, 0.2) is 0 Å². The molecule has 2 heterocycles. The molecule has 0 unspecified atom stereocenters. The van der Waals surface area contributed by atoms with E-state index in [0.717, 1.165) is 12.0 Å². The van der Waals surface area contributed by atoms with Crippen LogP contribution in [0.3, 0.4) is 0 Å². The molecule has 18 heavy (non-hydrogen) atoms. The van der Waals surface area contributed by atoms with Crippen LogP contribution in [0.15, 0.2) is 24.4 Å². The van der Waals surface area contributed by atoms with Gasteiger partial charge in [0.2, 0.25) is 0 Å². The Labute approximate surface area is 110 Å². The van der Waals surface area contributed by atoms with E-state index in [1.165, 1.54) is 10.5 Å². The number of aromatic nitrogens is 1. The van der Waals surface area contributed by atoms with Crippen LogP contribution < -0.4 is 0 Å². The highest BCUT2D eigenvalue weighted by molar-refractivity contribution is 6.29. The van der Waals surface area contributed by atoms with Gasteiger partial charge in [0.25, 0.3) is 0 Å². The topological polar surface area (TPSA) is 53.4 Å². The summed E-state index contributed by atoms with van der Waals surface area (Å²) in [5, 5.41) is 9.46. The molecule has 94 valence electrons. The summed E-state index contributed by atoms with van der Waals surface area (Å²) in [5.74, 6) is 0.776. The summed E-state index contributed by atoms with van der Waals surface area (Å²) in [6.45, 7) is 1.26. The minimum atomic E-state index is -0.812. The largest absolute Gasteiger partial charge is 0.465 e. The van der Waals surface area contributed by atoms with Crippen molar-refractivity contribution in [3.63, 3.8) is 0 Å². The molecule has 1 aliphatic heterocycles. The summed E-state index contributed by atoms with van der Waals surface area (Å²) in [6, 6.07) is 3.76. The van der Waals surface area contributed by atoms with Crippen molar-refractivity contribution >= 4 is 23.3 Å². The zero-order valence-corrected chi connectivity index (χ0v) is 10.5. The van der Waals surface area contributed by atoms with Gasteiger partial charge in [-0.2, -0.15) is 0 Å². The lowest BCUT2D eigenvalue weighted by molar-refractivity contribution is 0.153. The van der Waals surface area contributed by atoms with Crippen LogP contribution in [0.25, 0.3) is 5.57 Å². The standard InChI is InChI=1S/C13H13ClN2O2/c14-12-2-1-8(5-15-12)9-3-10-6-16(13(17)18)7-11(10)4-9/h1-3,5,10-11H,4,6-7H2,(H,17,18)/t10-,11+/m0/s1. The Bertz CT molecular complexity index is 512. The monoisotopic (exact) mass is 264 g/mol. The van der Waals surface area contributed by atoms with Crippen LogP contribution in [0.5, 0.6) is 0 Å². The zero-order chi connectivity index (χ0) is 12.7. The Morgan fingerprint density at radius 2 is 2.28 bits per heavy atom. The number of fused-ring (bicyclic) bond motifs is 1. The fourth-order valence-electron chi connectivity index (χ4n) is 2.85. The molecule has 2 atom stereocenters. The van der Waals surface area contributed by atoms with E-state index in [-0.39, 0.29) is 0 Å². The van der Waals surface area contributed by atoms with E-state index in [4.69, 9.17) is 16.7 Å². The maximum atomic E-state index is 10.9. The second kappa shape index (κ2) is 4.28. The average Bonchev–Trinajstić information content (AvgIpc) is 2.87. The first kappa shape index (κ1) is 11.5. The summed E-state index contributed by atoms with van der Waals surface area (Å²) in [4.78, 5) is 16.5. The lowest BCUT2D eigenvalue weighted by Crippen LogP contribution is -2.27. The predicted octanol–water partition coefficient (Wildman–Crippen LogP) is 2.75. The molecule has 3 rings (SSSR count). The predicted molar refractivity (Wildman–Crippen MR) is 68.4 cm³/mol. The molecule has 0 radical (unpaired) electrons. The number of nitrogens with zero attached hydrogens (tertiary/aromatic N) is 2. The molecule has 1 N–H and O–H groups in total. The van der Waals surface area contributed by atoms with Gasteiger partial charge >= 0.3 is 6.09 Å². The fourth-order valence-corrected chi connectivity index (χ4v) is 2.96. The maximum Gasteiger partial charge on any atom is 0.407 e. The third kappa shape index (κ3) is 1.97. The molecule has 2 aliphatic rings. The normalized spacial score (nSPS) is 26.1. The first-order chi connectivity index (χ1) is 8.63. The van der Waals surface area contributed by atoms with Gasteiger partial charge < -0.3 is 10.0 Å². The van der Waals surface area contributed by atoms with Crippen LogP contribution in [0.4, 0.5) is 4.79 Å². The number of allylic oxidation sites excluding steroid dienone is 1. The molecule has 0 bridgehead atoms. The van der Waals surface area contributed by atoms with E-state index in [2.05, 4.69) is 11.1 Å². The van der Waals surface area contributed by atoms with Gasteiger partial charge in [-0.05, 0) is 35.5 Å². The van der Waals surface area contributed by atoms with Gasteiger partial charge in [-0.15, -0.1) is 0 Å². The van der Waals surface area contributed by atoms with Gasteiger partial charge in [0.05, 0.1) is 0 Å². The van der Waals surface area contributed by atoms with Crippen molar-refractivity contribution in [3.05, 3.63) is 35.1 Å². The SMILES string of the molecule is O=C(O)N1C[C@H]2CC(c3ccc(Cl)nc3)=C[C@H]2C1. The minimum Gasteiger partial charge on any atom is -0.465 e. The molecular weight excluding hydrogens is 252 g/mol. The maximum absolute atomic E-state index is 10.9. The van der Waals surface area contributed by atoms with Crippen LogP contribution >= 0.6 is 11.6 Å². The molecule has 1 fully saturated rings. The molecule has 5 heteroatoms. The van der Waals surface area contributed by atoms with Crippen LogP contribution in [-0.2, 0) is 0 Å². The van der Waals surface area contributed by atoms with Gasteiger partial charge in [-0.3, -0.25) is 0 Å². The summed E-state index contributed by atoms with van der Waals surface area (Å²) in [5.41, 5.74) is 2.36. The van der Waals surface area contributed by atoms with E-state index < -0.39 is 6.09 Å². The fraction of sp³-hybridized carbons (Fsp3) is 0.385. The molecule has 0 aromatic carbocycles. The number of hydrogen-bond acceptors (Lipinski definition) is 2. The van der Waals surface area contributed by atoms with E-state index in [1.54, 1.807) is 12.3 Å². The number of hydrogen-bond donors (Lipinski definition) is 1. The van der Waals surface area contributed by atoms with Gasteiger partial charge in [-0.1, -0.05) is 23.7 Å². The third-order valence-corrected chi connectivity index (χ3v) is 3.98. The molecule has 4 nitrogen and oxygen atoms in total. The molecule has 1 aromatic heterocycles.